The molecule has 0 amide bonds. The highest BCUT2D eigenvalue weighted by molar-refractivity contribution is 9.10. The maximum atomic E-state index is 10.7. The number of hydrogen-bond acceptors (Lipinski definition) is 3. The van der Waals surface area contributed by atoms with Crippen molar-refractivity contribution < 1.29 is 9.66 Å². The monoisotopic (exact) mass is 341 g/mol. The zero-order valence-corrected chi connectivity index (χ0v) is 12.0. The van der Waals surface area contributed by atoms with Crippen molar-refractivity contribution in [3.05, 3.63) is 62.6 Å². The average molecular weight is 343 g/mol. The van der Waals surface area contributed by atoms with Crippen LogP contribution in [0.25, 0.3) is 0 Å². The molecule has 0 saturated carbocycles. The molecule has 4 nitrogen and oxygen atoms in total. The van der Waals surface area contributed by atoms with Crippen molar-refractivity contribution in [3.8, 4) is 11.5 Å². The fourth-order valence-corrected chi connectivity index (χ4v) is 2.00. The second-order valence-corrected chi connectivity index (χ2v) is 4.88. The molecule has 19 heavy (non-hydrogen) atoms. The van der Waals surface area contributed by atoms with E-state index in [1.165, 1.54) is 12.1 Å². The fourth-order valence-electron chi connectivity index (χ4n) is 1.50. The van der Waals surface area contributed by atoms with Crippen LogP contribution in [0.5, 0.6) is 11.5 Å². The first kappa shape index (κ1) is 13.8. The molecule has 2 rings (SSSR count). The van der Waals surface area contributed by atoms with Gasteiger partial charge in [-0.1, -0.05) is 12.1 Å². The molecule has 0 spiro atoms. The summed E-state index contributed by atoms with van der Waals surface area (Å²) in [6, 6.07) is 11.6. The number of nitro groups is 1. The van der Waals surface area contributed by atoms with Crippen LogP contribution in [-0.2, 0) is 5.88 Å². The van der Waals surface area contributed by atoms with E-state index in [0.717, 1.165) is 5.56 Å². The van der Waals surface area contributed by atoms with Gasteiger partial charge in [0.15, 0.2) is 0 Å². The first-order valence-corrected chi connectivity index (χ1v) is 6.69. The summed E-state index contributed by atoms with van der Waals surface area (Å²) in [5, 5.41) is 10.7. The summed E-state index contributed by atoms with van der Waals surface area (Å²) in [5.41, 5.74) is 0.896. The number of alkyl halides is 1. The Hall–Kier alpha value is -1.59. The quantitative estimate of drug-likeness (QED) is 0.451. The molecule has 0 aliphatic carbocycles. The molecule has 0 saturated heterocycles. The number of halogens is 2. The number of benzene rings is 2. The van der Waals surface area contributed by atoms with Gasteiger partial charge in [-0.25, -0.2) is 0 Å². The molecule has 0 aliphatic rings. The van der Waals surface area contributed by atoms with Crippen molar-refractivity contribution in [2.75, 3.05) is 0 Å². The summed E-state index contributed by atoms with van der Waals surface area (Å²) in [4.78, 5) is 10.3. The third-order valence-corrected chi connectivity index (χ3v) is 3.37. The molecule has 0 aromatic heterocycles. The first-order valence-electron chi connectivity index (χ1n) is 5.37. The van der Waals surface area contributed by atoms with E-state index < -0.39 is 4.92 Å². The number of hydrogen-bond donors (Lipinski definition) is 0. The van der Waals surface area contributed by atoms with Crippen LogP contribution >= 0.6 is 27.5 Å². The molecular weight excluding hydrogens is 334 g/mol. The highest BCUT2D eigenvalue weighted by atomic mass is 79.9. The fraction of sp³-hybridized carbons (Fsp3) is 0.0769. The predicted octanol–water partition coefficient (Wildman–Crippen LogP) is 4.89. The molecule has 0 heterocycles. The third kappa shape index (κ3) is 3.45. The predicted molar refractivity (Wildman–Crippen MR) is 76.9 cm³/mol. The van der Waals surface area contributed by atoms with E-state index in [1.54, 1.807) is 18.2 Å². The maximum absolute atomic E-state index is 10.7. The van der Waals surface area contributed by atoms with Crippen LogP contribution < -0.4 is 4.74 Å². The van der Waals surface area contributed by atoms with Crippen molar-refractivity contribution in [2.24, 2.45) is 0 Å². The van der Waals surface area contributed by atoms with Gasteiger partial charge >= 0.3 is 0 Å². The normalized spacial score (nSPS) is 10.2. The number of nitro benzene ring substituents is 1. The Morgan fingerprint density at radius 2 is 2.05 bits per heavy atom. The molecule has 0 atom stereocenters. The van der Waals surface area contributed by atoms with Gasteiger partial charge in [-0.05, 0) is 39.7 Å². The van der Waals surface area contributed by atoms with Crippen LogP contribution in [0.1, 0.15) is 5.56 Å². The van der Waals surface area contributed by atoms with E-state index >= 15 is 0 Å². The SMILES string of the molecule is O=[N+]([O-])c1ccc(Br)c(Oc2cccc(CCl)c2)c1. The molecule has 0 bridgehead atoms. The van der Waals surface area contributed by atoms with Gasteiger partial charge < -0.3 is 4.74 Å². The van der Waals surface area contributed by atoms with Gasteiger partial charge in [0.2, 0.25) is 0 Å². The number of rotatable bonds is 4. The van der Waals surface area contributed by atoms with Gasteiger partial charge in [0.25, 0.3) is 5.69 Å². The molecular formula is C13H9BrClNO3. The van der Waals surface area contributed by atoms with Gasteiger partial charge in [0, 0.05) is 11.9 Å². The minimum Gasteiger partial charge on any atom is -0.456 e. The lowest BCUT2D eigenvalue weighted by Gasteiger charge is -2.08. The summed E-state index contributed by atoms with van der Waals surface area (Å²) in [6.07, 6.45) is 0. The van der Waals surface area contributed by atoms with E-state index in [-0.39, 0.29) is 5.69 Å². The van der Waals surface area contributed by atoms with E-state index in [2.05, 4.69) is 15.9 Å². The summed E-state index contributed by atoms with van der Waals surface area (Å²) < 4.78 is 6.28. The molecule has 98 valence electrons. The maximum Gasteiger partial charge on any atom is 0.273 e. The van der Waals surface area contributed by atoms with Gasteiger partial charge in [0.1, 0.15) is 11.5 Å². The van der Waals surface area contributed by atoms with Crippen molar-refractivity contribution in [3.63, 3.8) is 0 Å². The number of nitrogens with zero attached hydrogens (tertiary/aromatic N) is 1. The van der Waals surface area contributed by atoms with Crippen molar-refractivity contribution in [1.29, 1.82) is 0 Å². The summed E-state index contributed by atoms with van der Waals surface area (Å²) >= 11 is 9.04. The summed E-state index contributed by atoms with van der Waals surface area (Å²) in [6.45, 7) is 0. The number of non-ortho nitro benzene ring substituents is 1. The average Bonchev–Trinajstić information content (AvgIpc) is 2.41. The molecule has 0 aliphatic heterocycles. The van der Waals surface area contributed by atoms with Crippen molar-refractivity contribution in [2.45, 2.75) is 5.88 Å². The lowest BCUT2D eigenvalue weighted by Crippen LogP contribution is -1.91. The lowest BCUT2D eigenvalue weighted by atomic mass is 10.2. The molecule has 0 unspecified atom stereocenters. The van der Waals surface area contributed by atoms with E-state index in [1.807, 2.05) is 12.1 Å². The molecule has 0 N–H and O–H groups in total. The smallest absolute Gasteiger partial charge is 0.273 e. The minimum absolute atomic E-state index is 0.0216. The van der Waals surface area contributed by atoms with Crippen molar-refractivity contribution in [1.82, 2.24) is 0 Å². The molecule has 2 aromatic carbocycles. The second-order valence-electron chi connectivity index (χ2n) is 3.75. The Morgan fingerprint density at radius 1 is 1.26 bits per heavy atom. The number of ether oxygens (including phenoxy) is 1. The molecule has 2 aromatic rings. The Bertz CT molecular complexity index is 619. The van der Waals surface area contributed by atoms with Crippen molar-refractivity contribution >= 4 is 33.2 Å². The Balaban J connectivity index is 2.31. The second kappa shape index (κ2) is 6.04. The van der Waals surface area contributed by atoms with Gasteiger partial charge in [-0.3, -0.25) is 10.1 Å². The van der Waals surface area contributed by atoms with Crippen LogP contribution in [0.3, 0.4) is 0 Å². The molecule has 0 radical (unpaired) electrons. The van der Waals surface area contributed by atoms with Crippen LogP contribution in [0.4, 0.5) is 5.69 Å². The van der Waals surface area contributed by atoms with E-state index in [0.29, 0.717) is 21.9 Å². The first-order chi connectivity index (χ1) is 9.10. The summed E-state index contributed by atoms with van der Waals surface area (Å²) in [7, 11) is 0. The van der Waals surface area contributed by atoms with Gasteiger partial charge in [0.05, 0.1) is 15.5 Å². The highest BCUT2D eigenvalue weighted by Crippen LogP contribution is 2.33. The van der Waals surface area contributed by atoms with Gasteiger partial charge in [-0.15, -0.1) is 11.6 Å². The zero-order chi connectivity index (χ0) is 13.8. The van der Waals surface area contributed by atoms with Crippen LogP contribution in [0.2, 0.25) is 0 Å². The largest absolute Gasteiger partial charge is 0.456 e. The van der Waals surface area contributed by atoms with Crippen LogP contribution in [-0.4, -0.2) is 4.92 Å². The third-order valence-electron chi connectivity index (χ3n) is 2.41. The lowest BCUT2D eigenvalue weighted by molar-refractivity contribution is -0.384. The summed E-state index contributed by atoms with van der Waals surface area (Å²) in [5.74, 6) is 1.35. The standard InChI is InChI=1S/C13H9BrClNO3/c14-12-5-4-10(16(17)18)7-13(12)19-11-3-1-2-9(6-11)8-15/h1-7H,8H2. The minimum atomic E-state index is -0.464. The molecule has 6 heteroatoms. The van der Waals surface area contributed by atoms with Gasteiger partial charge in [-0.2, -0.15) is 0 Å². The van der Waals surface area contributed by atoms with E-state index in [9.17, 15) is 10.1 Å². The Kier molecular flexibility index (Phi) is 4.39. The molecule has 0 fully saturated rings. The van der Waals surface area contributed by atoms with Crippen LogP contribution in [0, 0.1) is 10.1 Å². The Labute approximate surface area is 123 Å². The van der Waals surface area contributed by atoms with E-state index in [4.69, 9.17) is 16.3 Å². The van der Waals surface area contributed by atoms with Crippen LogP contribution in [0.15, 0.2) is 46.9 Å². The zero-order valence-electron chi connectivity index (χ0n) is 9.68. The highest BCUT2D eigenvalue weighted by Gasteiger charge is 2.11. The topological polar surface area (TPSA) is 52.4 Å². The Morgan fingerprint density at radius 3 is 2.74 bits per heavy atom.